The van der Waals surface area contributed by atoms with Crippen LogP contribution in [0.3, 0.4) is 0 Å². The first kappa shape index (κ1) is 23.1. The van der Waals surface area contributed by atoms with Crippen molar-refractivity contribution in [3.8, 4) is 11.5 Å². The molecule has 0 unspecified atom stereocenters. The van der Waals surface area contributed by atoms with Crippen LogP contribution in [0.1, 0.15) is 24.5 Å². The van der Waals surface area contributed by atoms with Crippen molar-refractivity contribution in [3.05, 3.63) is 76.8 Å². The maximum absolute atomic E-state index is 12.8. The quantitative estimate of drug-likeness (QED) is 0.142. The number of carbonyl (C=O) groups is 3. The van der Waals surface area contributed by atoms with Crippen LogP contribution in [0.2, 0.25) is 5.02 Å². The van der Waals surface area contributed by atoms with Gasteiger partial charge in [-0.05, 0) is 72.7 Å². The van der Waals surface area contributed by atoms with E-state index in [1.165, 1.54) is 12.3 Å². The van der Waals surface area contributed by atoms with Gasteiger partial charge < -0.3 is 9.47 Å². The molecule has 0 aromatic heterocycles. The Morgan fingerprint density at radius 3 is 2.34 bits per heavy atom. The Bertz CT molecular complexity index is 1240. The lowest BCUT2D eigenvalue weighted by molar-refractivity contribution is -0.140. The molecule has 2 fully saturated rings. The Morgan fingerprint density at radius 2 is 1.69 bits per heavy atom. The van der Waals surface area contributed by atoms with Gasteiger partial charge in [0.05, 0.1) is 24.7 Å². The molecule has 2 aromatic carbocycles. The second kappa shape index (κ2) is 9.50. The summed E-state index contributed by atoms with van der Waals surface area (Å²) in [5.41, 5.74) is 1.41. The molecule has 1 saturated heterocycles. The van der Waals surface area contributed by atoms with Crippen LogP contribution in [0.25, 0.3) is 6.08 Å². The molecular formula is C27H23ClN2O5. The Balaban J connectivity index is 1.28. The number of imide groups is 1. The number of nitrogens with zero attached hydrogens (tertiary/aromatic N) is 2. The monoisotopic (exact) mass is 490 g/mol. The topological polar surface area (TPSA) is 85.3 Å². The van der Waals surface area contributed by atoms with E-state index < -0.39 is 5.97 Å². The van der Waals surface area contributed by atoms with E-state index in [-0.39, 0.29) is 41.2 Å². The maximum atomic E-state index is 12.8. The second-order valence-electron chi connectivity index (χ2n) is 8.68. The molecule has 0 spiro atoms. The number of amides is 2. The minimum Gasteiger partial charge on any atom is -0.490 e. The van der Waals surface area contributed by atoms with Gasteiger partial charge >= 0.3 is 5.97 Å². The van der Waals surface area contributed by atoms with Crippen LogP contribution in [-0.4, -0.2) is 35.6 Å². The van der Waals surface area contributed by atoms with E-state index in [1.807, 2.05) is 19.1 Å². The predicted molar refractivity (Wildman–Crippen MR) is 131 cm³/mol. The van der Waals surface area contributed by atoms with Gasteiger partial charge in [0.15, 0.2) is 11.5 Å². The molecule has 4 atom stereocenters. The van der Waals surface area contributed by atoms with Gasteiger partial charge in [-0.3, -0.25) is 9.59 Å². The van der Waals surface area contributed by atoms with Crippen LogP contribution in [0.4, 0.5) is 0 Å². The smallest absolute Gasteiger partial charge is 0.336 e. The van der Waals surface area contributed by atoms with E-state index in [9.17, 15) is 14.4 Å². The summed E-state index contributed by atoms with van der Waals surface area (Å²) in [7, 11) is 0. The number of rotatable bonds is 7. The summed E-state index contributed by atoms with van der Waals surface area (Å²) in [6.07, 6.45) is 9.35. The van der Waals surface area contributed by atoms with Gasteiger partial charge in [0.25, 0.3) is 11.8 Å². The van der Waals surface area contributed by atoms with Gasteiger partial charge in [-0.25, -0.2) is 4.79 Å². The molecule has 2 bridgehead atoms. The molecule has 178 valence electrons. The third-order valence-electron chi connectivity index (χ3n) is 6.53. The van der Waals surface area contributed by atoms with Crippen molar-refractivity contribution in [1.82, 2.24) is 5.01 Å². The summed E-state index contributed by atoms with van der Waals surface area (Å²) >= 11 is 5.87. The first-order valence-corrected chi connectivity index (χ1v) is 11.8. The fourth-order valence-corrected chi connectivity index (χ4v) is 5.09. The third kappa shape index (κ3) is 4.51. The summed E-state index contributed by atoms with van der Waals surface area (Å²) in [6.45, 7) is 2.17. The van der Waals surface area contributed by atoms with E-state index in [0.717, 1.165) is 17.0 Å². The molecular weight excluding hydrogens is 468 g/mol. The first-order chi connectivity index (χ1) is 16.9. The fraction of sp³-hybridized carbons (Fsp3) is 0.259. The lowest BCUT2D eigenvalue weighted by atomic mass is 9.85. The van der Waals surface area contributed by atoms with Crippen LogP contribution in [0, 0.1) is 23.7 Å². The summed E-state index contributed by atoms with van der Waals surface area (Å²) in [6, 6.07) is 12.0. The van der Waals surface area contributed by atoms with E-state index >= 15 is 0 Å². The first-order valence-electron chi connectivity index (χ1n) is 11.5. The molecule has 2 aliphatic carbocycles. The fourth-order valence-electron chi connectivity index (χ4n) is 4.96. The maximum Gasteiger partial charge on any atom is 0.336 e. The summed E-state index contributed by atoms with van der Waals surface area (Å²) in [5, 5.41) is 5.80. The predicted octanol–water partition coefficient (Wildman–Crippen LogP) is 4.50. The number of fused-ring (bicyclic) bond motifs is 5. The largest absolute Gasteiger partial charge is 0.490 e. The van der Waals surface area contributed by atoms with Crippen molar-refractivity contribution >= 4 is 41.7 Å². The Morgan fingerprint density at radius 1 is 1.03 bits per heavy atom. The Hall–Kier alpha value is -3.71. The van der Waals surface area contributed by atoms with Crippen molar-refractivity contribution < 1.29 is 23.9 Å². The highest BCUT2D eigenvalue weighted by Gasteiger charge is 2.59. The van der Waals surface area contributed by atoms with Crippen LogP contribution < -0.4 is 9.47 Å². The van der Waals surface area contributed by atoms with Gasteiger partial charge in [-0.1, -0.05) is 35.9 Å². The van der Waals surface area contributed by atoms with Crippen molar-refractivity contribution in [2.24, 2.45) is 28.8 Å². The van der Waals surface area contributed by atoms with Crippen LogP contribution in [-0.2, 0) is 14.4 Å². The molecule has 0 radical (unpaired) electrons. The molecule has 35 heavy (non-hydrogen) atoms. The second-order valence-corrected chi connectivity index (χ2v) is 9.11. The molecule has 1 saturated carbocycles. The van der Waals surface area contributed by atoms with Crippen LogP contribution in [0.15, 0.2) is 65.8 Å². The van der Waals surface area contributed by atoms with Crippen molar-refractivity contribution in [1.29, 1.82) is 0 Å². The molecule has 1 heterocycles. The minimum absolute atomic E-state index is 0.133. The number of allylic oxidation sites excluding steroid dienone is 2. The number of carbonyl (C=O) groups excluding carboxylic acids is 3. The number of ether oxygens (including phenoxy) is 2. The number of benzene rings is 2. The van der Waals surface area contributed by atoms with Crippen molar-refractivity contribution in [3.63, 3.8) is 0 Å². The van der Waals surface area contributed by atoms with Gasteiger partial charge in [-0.2, -0.15) is 10.1 Å². The molecule has 3 aliphatic rings. The lowest BCUT2D eigenvalue weighted by Crippen LogP contribution is -2.28. The minimum atomic E-state index is -0.564. The number of hydrogen-bond donors (Lipinski definition) is 0. The third-order valence-corrected chi connectivity index (χ3v) is 6.78. The van der Waals surface area contributed by atoms with Crippen molar-refractivity contribution in [2.75, 3.05) is 6.61 Å². The zero-order chi connectivity index (χ0) is 24.5. The van der Waals surface area contributed by atoms with Crippen molar-refractivity contribution in [2.45, 2.75) is 13.3 Å². The van der Waals surface area contributed by atoms with Gasteiger partial charge in [-0.15, -0.1) is 0 Å². The highest BCUT2D eigenvalue weighted by molar-refractivity contribution is 6.30. The Kier molecular flexibility index (Phi) is 6.26. The van der Waals surface area contributed by atoms with Gasteiger partial charge in [0.1, 0.15) is 0 Å². The van der Waals surface area contributed by atoms with Gasteiger partial charge in [0.2, 0.25) is 0 Å². The summed E-state index contributed by atoms with van der Waals surface area (Å²) < 4.78 is 11.1. The average molecular weight is 491 g/mol. The molecule has 2 amide bonds. The molecule has 0 N–H and O–H groups in total. The average Bonchev–Trinajstić information content (AvgIpc) is 3.53. The zero-order valence-electron chi connectivity index (χ0n) is 19.0. The van der Waals surface area contributed by atoms with Crippen LogP contribution >= 0.6 is 11.6 Å². The summed E-state index contributed by atoms with van der Waals surface area (Å²) in [4.78, 5) is 37.9. The molecule has 1 aliphatic heterocycles. The SMILES string of the molecule is CCOc1cc(C=NN2C(=O)[C@@H]3[C@H](C2=O)[C@H]2C=C[C@H]3C2)ccc1OC(=O)/C=C/c1ccc(Cl)cc1. The number of halogens is 1. The molecule has 7 nitrogen and oxygen atoms in total. The van der Waals surface area contributed by atoms with Gasteiger partial charge in [0, 0.05) is 11.1 Å². The normalized spacial score (nSPS) is 24.7. The lowest BCUT2D eigenvalue weighted by Gasteiger charge is -2.13. The Labute approximate surface area is 207 Å². The molecule has 5 rings (SSSR count). The van der Waals surface area contributed by atoms with E-state index in [1.54, 1.807) is 48.5 Å². The summed E-state index contributed by atoms with van der Waals surface area (Å²) in [5.74, 6) is -0.767. The highest BCUT2D eigenvalue weighted by Crippen LogP contribution is 2.52. The van der Waals surface area contributed by atoms with E-state index in [2.05, 4.69) is 5.10 Å². The van der Waals surface area contributed by atoms with Crippen LogP contribution in [0.5, 0.6) is 11.5 Å². The zero-order valence-corrected chi connectivity index (χ0v) is 19.7. The van der Waals surface area contributed by atoms with E-state index in [0.29, 0.717) is 22.9 Å². The number of hydrogen-bond acceptors (Lipinski definition) is 6. The number of hydrazone groups is 1. The standard InChI is InChI=1S/C27H23ClN2O5/c1-2-34-22-13-17(5-11-21(22)35-23(31)12-6-16-3-9-20(28)10-4-16)15-29-30-26(32)24-18-7-8-19(14-18)25(24)27(30)33/h3-13,15,18-19,24-25H,2,14H2,1H3/b12-6+,29-15?/t18-,19-,24-,25+/m0/s1. The molecule has 2 aromatic rings. The molecule has 8 heteroatoms. The van der Waals surface area contributed by atoms with E-state index in [4.69, 9.17) is 21.1 Å². The number of esters is 1. The highest BCUT2D eigenvalue weighted by atomic mass is 35.5.